The minimum absolute atomic E-state index is 0.165. The first-order valence-corrected chi connectivity index (χ1v) is 5.77. The van der Waals surface area contributed by atoms with Crippen molar-refractivity contribution < 1.29 is 5.11 Å². The molecule has 1 aromatic heterocycles. The van der Waals surface area contributed by atoms with Crippen molar-refractivity contribution >= 4 is 21.8 Å². The summed E-state index contributed by atoms with van der Waals surface area (Å²) in [4.78, 5) is 4.64. The Morgan fingerprint density at radius 3 is 1.88 bits per heavy atom. The summed E-state index contributed by atoms with van der Waals surface area (Å²) < 4.78 is 0. The van der Waals surface area contributed by atoms with Crippen LogP contribution in [0.4, 0.5) is 0 Å². The molecule has 3 rings (SSSR count). The zero-order chi connectivity index (χ0) is 11.7. The van der Waals surface area contributed by atoms with E-state index in [0.29, 0.717) is 6.42 Å². The van der Waals surface area contributed by atoms with E-state index in [4.69, 9.17) is 0 Å². The van der Waals surface area contributed by atoms with Crippen LogP contribution in [0.3, 0.4) is 0 Å². The third kappa shape index (κ3) is 1.67. The number of aliphatic hydroxyl groups excluding tert-OH is 1. The molecule has 0 saturated heterocycles. The van der Waals surface area contributed by atoms with Crippen molar-refractivity contribution in [2.24, 2.45) is 0 Å². The first kappa shape index (κ1) is 10.2. The Bertz CT molecular complexity index is 622. The average molecular weight is 223 g/mol. The molecule has 0 atom stereocenters. The van der Waals surface area contributed by atoms with Crippen LogP contribution < -0.4 is 0 Å². The van der Waals surface area contributed by atoms with Gasteiger partial charge in [0.25, 0.3) is 0 Å². The summed E-state index contributed by atoms with van der Waals surface area (Å²) in [5, 5.41) is 11.5. The maximum atomic E-state index is 9.22. The van der Waals surface area contributed by atoms with E-state index >= 15 is 0 Å². The second kappa shape index (κ2) is 4.15. The quantitative estimate of drug-likeness (QED) is 0.677. The molecule has 1 N–H and O–H groups in total. The molecule has 0 saturated carbocycles. The lowest BCUT2D eigenvalue weighted by molar-refractivity contribution is 0.300. The van der Waals surface area contributed by atoms with E-state index in [1.807, 2.05) is 36.4 Å². The van der Waals surface area contributed by atoms with Gasteiger partial charge in [-0.2, -0.15) is 0 Å². The highest BCUT2D eigenvalue weighted by Crippen LogP contribution is 2.25. The molecule has 0 bridgehead atoms. The van der Waals surface area contributed by atoms with Gasteiger partial charge < -0.3 is 5.11 Å². The van der Waals surface area contributed by atoms with E-state index in [0.717, 1.165) is 21.8 Å². The lowest BCUT2D eigenvalue weighted by atomic mass is 10.0. The van der Waals surface area contributed by atoms with Gasteiger partial charge in [-0.05, 0) is 24.1 Å². The van der Waals surface area contributed by atoms with E-state index < -0.39 is 0 Å². The fraction of sp³-hybridized carbons (Fsp3) is 0.133. The summed E-state index contributed by atoms with van der Waals surface area (Å²) in [5.74, 6) is 0. The Hall–Kier alpha value is -1.93. The molecule has 84 valence electrons. The molecule has 0 amide bonds. The largest absolute Gasteiger partial charge is 0.396 e. The lowest BCUT2D eigenvalue weighted by Gasteiger charge is -2.09. The Morgan fingerprint density at radius 2 is 1.35 bits per heavy atom. The van der Waals surface area contributed by atoms with Gasteiger partial charge in [0, 0.05) is 17.4 Å². The zero-order valence-corrected chi connectivity index (χ0v) is 9.43. The highest BCUT2D eigenvalue weighted by atomic mass is 16.2. The fourth-order valence-corrected chi connectivity index (χ4v) is 2.31. The predicted molar refractivity (Wildman–Crippen MR) is 70.0 cm³/mol. The second-order valence-corrected chi connectivity index (χ2v) is 4.10. The highest BCUT2D eigenvalue weighted by Gasteiger charge is 2.07. The van der Waals surface area contributed by atoms with Gasteiger partial charge in [0.1, 0.15) is 0 Å². The molecule has 0 unspecified atom stereocenters. The molecular formula is C15H13NO. The zero-order valence-electron chi connectivity index (χ0n) is 9.43. The SMILES string of the molecule is OCCc1c2ccccc2nc2ccccc12. The number of benzene rings is 2. The van der Waals surface area contributed by atoms with Crippen molar-refractivity contribution in [2.75, 3.05) is 6.61 Å². The lowest BCUT2D eigenvalue weighted by Crippen LogP contribution is -1.95. The summed E-state index contributed by atoms with van der Waals surface area (Å²) in [5.41, 5.74) is 3.18. The highest BCUT2D eigenvalue weighted by molar-refractivity contribution is 5.97. The molecule has 17 heavy (non-hydrogen) atoms. The van der Waals surface area contributed by atoms with Crippen LogP contribution in [0.15, 0.2) is 48.5 Å². The molecule has 0 aliphatic heterocycles. The van der Waals surface area contributed by atoms with E-state index in [2.05, 4.69) is 17.1 Å². The van der Waals surface area contributed by atoms with E-state index in [9.17, 15) is 5.11 Å². The van der Waals surface area contributed by atoms with Crippen LogP contribution in [0.5, 0.6) is 0 Å². The van der Waals surface area contributed by atoms with Gasteiger partial charge in [0.15, 0.2) is 0 Å². The Morgan fingerprint density at radius 1 is 0.824 bits per heavy atom. The Kier molecular flexibility index (Phi) is 2.50. The predicted octanol–water partition coefficient (Wildman–Crippen LogP) is 2.92. The maximum absolute atomic E-state index is 9.22. The molecule has 2 nitrogen and oxygen atoms in total. The monoisotopic (exact) mass is 223 g/mol. The van der Waals surface area contributed by atoms with Crippen molar-refractivity contribution in [2.45, 2.75) is 6.42 Å². The summed E-state index contributed by atoms with van der Waals surface area (Å²) in [6.07, 6.45) is 0.670. The van der Waals surface area contributed by atoms with Crippen molar-refractivity contribution in [1.82, 2.24) is 4.98 Å². The standard InChI is InChI=1S/C15H13NO/c17-10-9-11-12-5-1-3-7-14(12)16-15-8-4-2-6-13(11)15/h1-8,17H,9-10H2. The molecule has 2 heteroatoms. The molecular weight excluding hydrogens is 210 g/mol. The number of hydrogen-bond donors (Lipinski definition) is 1. The minimum Gasteiger partial charge on any atom is -0.396 e. The molecule has 0 aliphatic carbocycles. The molecule has 0 radical (unpaired) electrons. The molecule has 1 heterocycles. The van der Waals surface area contributed by atoms with Gasteiger partial charge >= 0.3 is 0 Å². The average Bonchev–Trinajstić information content (AvgIpc) is 2.39. The van der Waals surface area contributed by atoms with Gasteiger partial charge in [-0.1, -0.05) is 36.4 Å². The first-order chi connectivity index (χ1) is 8.40. The van der Waals surface area contributed by atoms with Gasteiger partial charge in [0.2, 0.25) is 0 Å². The first-order valence-electron chi connectivity index (χ1n) is 5.77. The topological polar surface area (TPSA) is 33.1 Å². The maximum Gasteiger partial charge on any atom is 0.0712 e. The van der Waals surface area contributed by atoms with E-state index in [1.165, 1.54) is 5.56 Å². The van der Waals surface area contributed by atoms with Crippen molar-refractivity contribution in [3.05, 3.63) is 54.1 Å². The smallest absolute Gasteiger partial charge is 0.0712 e. The summed E-state index contributed by atoms with van der Waals surface area (Å²) in [7, 11) is 0. The summed E-state index contributed by atoms with van der Waals surface area (Å²) in [6, 6.07) is 16.2. The normalized spacial score (nSPS) is 11.1. The fourth-order valence-electron chi connectivity index (χ4n) is 2.31. The minimum atomic E-state index is 0.165. The molecule has 0 fully saturated rings. The number of nitrogens with zero attached hydrogens (tertiary/aromatic N) is 1. The van der Waals surface area contributed by atoms with Crippen LogP contribution in [0.1, 0.15) is 5.56 Å². The molecule has 3 aromatic rings. The molecule has 2 aromatic carbocycles. The number of para-hydroxylation sites is 2. The number of rotatable bonds is 2. The van der Waals surface area contributed by atoms with E-state index in [-0.39, 0.29) is 6.61 Å². The second-order valence-electron chi connectivity index (χ2n) is 4.10. The van der Waals surface area contributed by atoms with Crippen LogP contribution in [0.25, 0.3) is 21.8 Å². The molecule has 0 aliphatic rings. The number of aromatic nitrogens is 1. The van der Waals surface area contributed by atoms with Crippen molar-refractivity contribution in [1.29, 1.82) is 0 Å². The van der Waals surface area contributed by atoms with Gasteiger partial charge in [0.05, 0.1) is 11.0 Å². The summed E-state index contributed by atoms with van der Waals surface area (Å²) >= 11 is 0. The van der Waals surface area contributed by atoms with Gasteiger partial charge in [-0.3, -0.25) is 0 Å². The van der Waals surface area contributed by atoms with Crippen LogP contribution in [-0.2, 0) is 6.42 Å². The van der Waals surface area contributed by atoms with Crippen molar-refractivity contribution in [3.63, 3.8) is 0 Å². The van der Waals surface area contributed by atoms with E-state index in [1.54, 1.807) is 0 Å². The third-order valence-corrected chi connectivity index (χ3v) is 3.06. The summed E-state index contributed by atoms with van der Waals surface area (Å²) in [6.45, 7) is 0.165. The van der Waals surface area contributed by atoms with Crippen LogP contribution in [-0.4, -0.2) is 16.7 Å². The molecule has 0 spiro atoms. The van der Waals surface area contributed by atoms with Crippen LogP contribution in [0, 0.1) is 0 Å². The number of pyridine rings is 1. The number of aliphatic hydroxyl groups is 1. The van der Waals surface area contributed by atoms with Crippen LogP contribution in [0.2, 0.25) is 0 Å². The van der Waals surface area contributed by atoms with Crippen molar-refractivity contribution in [3.8, 4) is 0 Å². The van der Waals surface area contributed by atoms with Crippen LogP contribution >= 0.6 is 0 Å². The number of hydrogen-bond acceptors (Lipinski definition) is 2. The van der Waals surface area contributed by atoms with Gasteiger partial charge in [-0.15, -0.1) is 0 Å². The van der Waals surface area contributed by atoms with Gasteiger partial charge in [-0.25, -0.2) is 4.98 Å². The number of fused-ring (bicyclic) bond motifs is 2. The third-order valence-electron chi connectivity index (χ3n) is 3.06. The Balaban J connectivity index is 2.47. The Labute approximate surface area is 99.5 Å².